The lowest BCUT2D eigenvalue weighted by atomic mass is 9.79. The highest BCUT2D eigenvalue weighted by Gasteiger charge is 2.56. The van der Waals surface area contributed by atoms with Crippen molar-refractivity contribution < 1.29 is 85.7 Å². The highest BCUT2D eigenvalue weighted by atomic mass is 31.2. The summed E-state index contributed by atoms with van der Waals surface area (Å²) in [5.41, 5.74) is 0. The summed E-state index contributed by atoms with van der Waals surface area (Å²) in [5, 5.41) is 20.3. The van der Waals surface area contributed by atoms with Gasteiger partial charge in [-0.1, -0.05) is 0 Å². The fraction of sp³-hybridized carbons (Fsp3) is 1.00. The molecule has 1 rings (SSSR count). The average Bonchev–Trinajstić information content (AvgIpc) is 2.43. The lowest BCUT2D eigenvalue weighted by Gasteiger charge is -2.46. The van der Waals surface area contributed by atoms with Gasteiger partial charge in [-0.3, -0.25) is 18.1 Å². The van der Waals surface area contributed by atoms with Crippen LogP contribution in [0.5, 0.6) is 0 Å². The number of aliphatic hydroxyl groups excluding tert-OH is 2. The van der Waals surface area contributed by atoms with Gasteiger partial charge in [0.15, 0.2) is 0 Å². The Balaban J connectivity index is 3.44. The Morgan fingerprint density at radius 3 is 1.31 bits per heavy atom. The van der Waals surface area contributed by atoms with E-state index in [0.717, 1.165) is 0 Å². The van der Waals surface area contributed by atoms with Crippen molar-refractivity contribution in [1.29, 1.82) is 0 Å². The van der Waals surface area contributed by atoms with E-state index in [-0.39, 0.29) is 0 Å². The summed E-state index contributed by atoms with van der Waals surface area (Å²) in [6.07, 6.45) is -12.3. The van der Waals surface area contributed by atoms with E-state index in [9.17, 15) is 28.5 Å². The molecule has 0 aliphatic heterocycles. The first-order valence-electron chi connectivity index (χ1n) is 6.98. The third-order valence-electron chi connectivity index (χ3n) is 3.41. The third kappa shape index (κ3) is 9.58. The molecule has 10 N–H and O–H groups in total. The molecule has 174 valence electrons. The summed E-state index contributed by atoms with van der Waals surface area (Å²) >= 11 is 0. The van der Waals surface area contributed by atoms with Crippen molar-refractivity contribution in [3.05, 3.63) is 0 Å². The van der Waals surface area contributed by atoms with Crippen LogP contribution in [0.25, 0.3) is 0 Å². The zero-order valence-electron chi connectivity index (χ0n) is 13.7. The van der Waals surface area contributed by atoms with E-state index in [0.29, 0.717) is 0 Å². The molecule has 6 atom stereocenters. The first kappa shape index (κ1) is 27.4. The Morgan fingerprint density at radius 2 is 0.931 bits per heavy atom. The van der Waals surface area contributed by atoms with Gasteiger partial charge in [-0.25, -0.2) is 18.3 Å². The summed E-state index contributed by atoms with van der Waals surface area (Å²) in [4.78, 5) is 71.2. The number of phosphoric acid groups is 4. The Labute approximate surface area is 161 Å². The number of hydrogen-bond donors (Lipinski definition) is 10. The van der Waals surface area contributed by atoms with Crippen LogP contribution < -0.4 is 0 Å². The van der Waals surface area contributed by atoms with Gasteiger partial charge in [0.25, 0.3) is 0 Å². The fourth-order valence-electron chi connectivity index (χ4n) is 2.50. The van der Waals surface area contributed by atoms with Crippen LogP contribution in [0.4, 0.5) is 0 Å². The zero-order valence-corrected chi connectivity index (χ0v) is 17.3. The Bertz CT molecular complexity index is 743. The minimum atomic E-state index is -5.57. The molecule has 0 heterocycles. The van der Waals surface area contributed by atoms with E-state index in [1.165, 1.54) is 0 Å². The molecule has 1 fully saturated rings. The van der Waals surface area contributed by atoms with Gasteiger partial charge in [-0.05, 0) is 0 Å². The van der Waals surface area contributed by atoms with Crippen LogP contribution in [0.3, 0.4) is 0 Å². The lowest BCUT2D eigenvalue weighted by Crippen LogP contribution is -2.63. The summed E-state index contributed by atoms with van der Waals surface area (Å²) in [6.45, 7) is -1.34. The average molecular weight is 514 g/mol. The molecule has 29 heavy (non-hydrogen) atoms. The normalized spacial score (nSPS) is 32.3. The summed E-state index contributed by atoms with van der Waals surface area (Å²) in [6, 6.07) is 0. The van der Waals surface area contributed by atoms with Crippen LogP contribution in [-0.4, -0.2) is 86.5 Å². The molecule has 0 saturated heterocycles. The molecule has 0 radical (unpaired) electrons. The summed E-state index contributed by atoms with van der Waals surface area (Å²) < 4.78 is 60.9. The van der Waals surface area contributed by atoms with Crippen molar-refractivity contribution in [2.75, 3.05) is 6.61 Å². The maximum atomic E-state index is 11.2. The number of phosphoric ester groups is 4. The van der Waals surface area contributed by atoms with E-state index >= 15 is 0 Å². The van der Waals surface area contributed by atoms with Crippen LogP contribution in [-0.2, 0) is 36.4 Å². The minimum absolute atomic E-state index is 1.34. The standard InChI is InChI=1S/C7H18O18P4/c8-3-2(1-22-26(10,11)12)5(23-27(13,14)15)7(25-29(19,20)21)4(9)6(3)24-28(16,17)18/h2-9H,1H2,(H2,10,11,12)(H2,13,14,15)(H2,16,17,18)(H2,19,20,21)/t2-,3-,4-,5+,6+,7+/m0/s1. The van der Waals surface area contributed by atoms with Crippen molar-refractivity contribution in [3.8, 4) is 0 Å². The van der Waals surface area contributed by atoms with Gasteiger partial charge in [0.2, 0.25) is 0 Å². The van der Waals surface area contributed by atoms with Crippen LogP contribution in [0, 0.1) is 5.92 Å². The van der Waals surface area contributed by atoms with Gasteiger partial charge in [0, 0.05) is 5.92 Å². The number of hydrogen-bond acceptors (Lipinski definition) is 10. The Morgan fingerprint density at radius 1 is 0.552 bits per heavy atom. The second-order valence-electron chi connectivity index (χ2n) is 5.61. The lowest BCUT2D eigenvalue weighted by molar-refractivity contribution is -0.197. The molecule has 0 amide bonds. The highest BCUT2D eigenvalue weighted by Crippen LogP contribution is 2.51. The molecule has 0 spiro atoms. The monoisotopic (exact) mass is 514 g/mol. The second-order valence-corrected chi connectivity index (χ2v) is 10.4. The molecule has 0 aromatic heterocycles. The second kappa shape index (κ2) is 9.46. The Hall–Kier alpha value is 0.360. The minimum Gasteiger partial charge on any atom is -0.390 e. The van der Waals surface area contributed by atoms with Gasteiger partial charge in [-0.2, -0.15) is 0 Å². The van der Waals surface area contributed by atoms with Crippen LogP contribution in [0.1, 0.15) is 0 Å². The van der Waals surface area contributed by atoms with Gasteiger partial charge >= 0.3 is 31.3 Å². The van der Waals surface area contributed by atoms with Crippen molar-refractivity contribution >= 4 is 31.3 Å². The molecule has 0 unspecified atom stereocenters. The number of aliphatic hydroxyl groups is 2. The van der Waals surface area contributed by atoms with Crippen LogP contribution in [0.15, 0.2) is 0 Å². The largest absolute Gasteiger partial charge is 0.470 e. The first-order valence-corrected chi connectivity index (χ1v) is 13.1. The maximum Gasteiger partial charge on any atom is 0.470 e. The van der Waals surface area contributed by atoms with Gasteiger partial charge < -0.3 is 49.4 Å². The van der Waals surface area contributed by atoms with Crippen LogP contribution in [0.2, 0.25) is 0 Å². The molecule has 0 bridgehead atoms. The SMILES string of the molecule is O=P(O)(O)OC[C@H]1[C@H](O)[C@@H](OP(=O)(O)O)[C@H](O)[C@@H](OP(=O)(O)O)[C@@H]1OP(=O)(O)O. The zero-order chi connectivity index (χ0) is 23.0. The molecule has 0 aromatic carbocycles. The molecule has 18 nitrogen and oxygen atoms in total. The highest BCUT2D eigenvalue weighted by molar-refractivity contribution is 7.47. The molecule has 1 aliphatic carbocycles. The molecular weight excluding hydrogens is 496 g/mol. The topological polar surface area (TPSA) is 308 Å². The maximum absolute atomic E-state index is 11.2. The van der Waals surface area contributed by atoms with Crippen molar-refractivity contribution in [2.24, 2.45) is 5.92 Å². The predicted octanol–water partition coefficient (Wildman–Crippen LogP) is -3.12. The molecule has 1 aliphatic rings. The van der Waals surface area contributed by atoms with Crippen LogP contribution >= 0.6 is 31.3 Å². The summed E-state index contributed by atoms with van der Waals surface area (Å²) in [7, 11) is -21.9. The fourth-order valence-corrected chi connectivity index (χ4v) is 4.59. The first-order chi connectivity index (χ1) is 12.7. The third-order valence-corrected chi connectivity index (χ3v) is 5.45. The molecule has 22 heteroatoms. The molecular formula is C7H18O18P4. The number of rotatable bonds is 9. The van der Waals surface area contributed by atoms with E-state index in [4.69, 9.17) is 39.1 Å². The van der Waals surface area contributed by atoms with E-state index in [1.54, 1.807) is 0 Å². The van der Waals surface area contributed by atoms with E-state index < -0.39 is 74.3 Å². The Kier molecular flexibility index (Phi) is 8.94. The van der Waals surface area contributed by atoms with E-state index in [1.807, 2.05) is 0 Å². The van der Waals surface area contributed by atoms with Crippen molar-refractivity contribution in [3.63, 3.8) is 0 Å². The summed E-state index contributed by atoms with van der Waals surface area (Å²) in [5.74, 6) is -2.09. The molecule has 1 saturated carbocycles. The smallest absolute Gasteiger partial charge is 0.390 e. The van der Waals surface area contributed by atoms with Crippen molar-refractivity contribution in [1.82, 2.24) is 0 Å². The van der Waals surface area contributed by atoms with Gasteiger partial charge in [-0.15, -0.1) is 0 Å². The quantitative estimate of drug-likeness (QED) is 0.136. The van der Waals surface area contributed by atoms with Crippen molar-refractivity contribution in [2.45, 2.75) is 30.5 Å². The van der Waals surface area contributed by atoms with Gasteiger partial charge in [0.05, 0.1) is 12.7 Å². The molecule has 0 aromatic rings. The van der Waals surface area contributed by atoms with Gasteiger partial charge in [0.1, 0.15) is 24.4 Å². The van der Waals surface area contributed by atoms with E-state index in [2.05, 4.69) is 18.1 Å². The predicted molar refractivity (Wildman–Crippen MR) is 84.3 cm³/mol.